The van der Waals surface area contributed by atoms with Gasteiger partial charge in [0.25, 0.3) is 0 Å². The van der Waals surface area contributed by atoms with Crippen LogP contribution in [0.25, 0.3) is 0 Å². The summed E-state index contributed by atoms with van der Waals surface area (Å²) in [7, 11) is 1.61. The maximum absolute atomic E-state index is 5.75. The number of rotatable bonds is 4. The first-order valence-corrected chi connectivity index (χ1v) is 4.45. The highest BCUT2D eigenvalue weighted by Gasteiger charge is 2.00. The van der Waals surface area contributed by atoms with E-state index in [9.17, 15) is 0 Å². The third-order valence-electron chi connectivity index (χ3n) is 1.79. The second-order valence-corrected chi connectivity index (χ2v) is 2.78. The van der Waals surface area contributed by atoms with Crippen molar-refractivity contribution in [3.8, 4) is 11.5 Å². The molecule has 0 saturated heterocycles. The number of hydrogen-bond acceptors (Lipinski definition) is 3. The van der Waals surface area contributed by atoms with Crippen LogP contribution in [0.2, 0.25) is 0 Å². The Hall–Kier alpha value is -1.64. The smallest absolute Gasteiger partial charge is 0.142 e. The molecule has 0 aliphatic rings. The van der Waals surface area contributed by atoms with Gasteiger partial charge >= 0.3 is 0 Å². The van der Waals surface area contributed by atoms with Gasteiger partial charge in [0.05, 0.1) is 12.8 Å². The Bertz CT molecular complexity index is 321. The van der Waals surface area contributed by atoms with Crippen LogP contribution >= 0.6 is 0 Å². The molecule has 3 heteroatoms. The predicted molar refractivity (Wildman–Crippen MR) is 57.7 cm³/mol. The van der Waals surface area contributed by atoms with E-state index in [1.165, 1.54) is 0 Å². The summed E-state index contributed by atoms with van der Waals surface area (Å²) in [6.45, 7) is 2.48. The summed E-state index contributed by atoms with van der Waals surface area (Å²) in [4.78, 5) is 0. The molecule has 0 amide bonds. The summed E-state index contributed by atoms with van der Waals surface area (Å²) in [5.41, 5.74) is 6.34. The van der Waals surface area contributed by atoms with Crippen molar-refractivity contribution in [2.45, 2.75) is 6.92 Å². The molecule has 1 aromatic carbocycles. The number of hydrogen-bond donors (Lipinski definition) is 1. The van der Waals surface area contributed by atoms with Gasteiger partial charge in [-0.3, -0.25) is 0 Å². The van der Waals surface area contributed by atoms with Gasteiger partial charge in [0, 0.05) is 6.07 Å². The highest BCUT2D eigenvalue weighted by molar-refractivity contribution is 5.56. The second-order valence-electron chi connectivity index (χ2n) is 2.78. The van der Waals surface area contributed by atoms with Gasteiger partial charge in [-0.1, -0.05) is 12.2 Å². The van der Waals surface area contributed by atoms with Gasteiger partial charge in [-0.2, -0.15) is 0 Å². The van der Waals surface area contributed by atoms with E-state index in [0.29, 0.717) is 18.0 Å². The van der Waals surface area contributed by atoms with Crippen LogP contribution < -0.4 is 15.2 Å². The van der Waals surface area contributed by atoms with E-state index in [0.717, 1.165) is 5.75 Å². The standard InChI is InChI=1S/C11H15NO2/c1-3-4-7-14-11-6-5-9(13-2)8-10(11)12/h3-6,8H,7,12H2,1-2H3/b4-3+. The molecule has 14 heavy (non-hydrogen) atoms. The highest BCUT2D eigenvalue weighted by atomic mass is 16.5. The van der Waals surface area contributed by atoms with Gasteiger partial charge < -0.3 is 15.2 Å². The summed E-state index contributed by atoms with van der Waals surface area (Å²) < 4.78 is 10.4. The van der Waals surface area contributed by atoms with E-state index >= 15 is 0 Å². The largest absolute Gasteiger partial charge is 0.497 e. The van der Waals surface area contributed by atoms with Gasteiger partial charge in [-0.15, -0.1) is 0 Å². The van der Waals surface area contributed by atoms with Crippen molar-refractivity contribution in [2.75, 3.05) is 19.5 Å². The number of benzene rings is 1. The first kappa shape index (κ1) is 10.4. The molecule has 2 N–H and O–H groups in total. The van der Waals surface area contributed by atoms with Crippen LogP contribution in [0.15, 0.2) is 30.4 Å². The molecule has 0 spiro atoms. The van der Waals surface area contributed by atoms with Crippen molar-refractivity contribution < 1.29 is 9.47 Å². The van der Waals surface area contributed by atoms with Crippen molar-refractivity contribution in [1.82, 2.24) is 0 Å². The number of nitrogen functional groups attached to an aromatic ring is 1. The van der Waals surface area contributed by atoms with Crippen LogP contribution in [0.4, 0.5) is 5.69 Å². The number of anilines is 1. The minimum absolute atomic E-state index is 0.535. The molecular formula is C11H15NO2. The molecule has 0 aromatic heterocycles. The first-order chi connectivity index (χ1) is 6.77. The lowest BCUT2D eigenvalue weighted by molar-refractivity contribution is 0.363. The summed E-state index contributed by atoms with van der Waals surface area (Å²) >= 11 is 0. The fourth-order valence-electron chi connectivity index (χ4n) is 1.02. The van der Waals surface area contributed by atoms with Crippen LogP contribution in [0.3, 0.4) is 0 Å². The average molecular weight is 193 g/mol. The van der Waals surface area contributed by atoms with E-state index in [1.807, 2.05) is 25.1 Å². The summed E-state index contributed by atoms with van der Waals surface area (Å²) in [5, 5.41) is 0. The molecule has 0 bridgehead atoms. The molecule has 0 atom stereocenters. The van der Waals surface area contributed by atoms with Crippen molar-refractivity contribution >= 4 is 5.69 Å². The van der Waals surface area contributed by atoms with Crippen molar-refractivity contribution in [3.63, 3.8) is 0 Å². The Kier molecular flexibility index (Phi) is 3.85. The Balaban J connectivity index is 2.68. The van der Waals surface area contributed by atoms with Gasteiger partial charge in [0.2, 0.25) is 0 Å². The zero-order chi connectivity index (χ0) is 10.4. The summed E-state index contributed by atoms with van der Waals surface area (Å²) in [6, 6.07) is 5.37. The Labute approximate surface area is 84.1 Å². The van der Waals surface area contributed by atoms with Crippen LogP contribution in [0.1, 0.15) is 6.92 Å². The normalized spacial score (nSPS) is 10.4. The lowest BCUT2D eigenvalue weighted by atomic mass is 10.3. The maximum atomic E-state index is 5.75. The quantitative estimate of drug-likeness (QED) is 0.589. The molecule has 76 valence electrons. The minimum Gasteiger partial charge on any atom is -0.497 e. The van der Waals surface area contributed by atoms with E-state index in [4.69, 9.17) is 15.2 Å². The van der Waals surface area contributed by atoms with Crippen molar-refractivity contribution in [1.29, 1.82) is 0 Å². The topological polar surface area (TPSA) is 44.5 Å². The molecule has 0 radical (unpaired) electrons. The molecule has 3 nitrogen and oxygen atoms in total. The Morgan fingerprint density at radius 2 is 2.21 bits per heavy atom. The van der Waals surface area contributed by atoms with E-state index in [2.05, 4.69) is 0 Å². The number of nitrogens with two attached hydrogens (primary N) is 1. The van der Waals surface area contributed by atoms with Crippen LogP contribution in [0.5, 0.6) is 11.5 Å². The number of allylic oxidation sites excluding steroid dienone is 1. The van der Waals surface area contributed by atoms with Gasteiger partial charge in [-0.05, 0) is 19.1 Å². The number of methoxy groups -OCH3 is 1. The van der Waals surface area contributed by atoms with Crippen LogP contribution in [-0.4, -0.2) is 13.7 Å². The van der Waals surface area contributed by atoms with Crippen molar-refractivity contribution in [3.05, 3.63) is 30.4 Å². The van der Waals surface area contributed by atoms with E-state index in [-0.39, 0.29) is 0 Å². The molecular weight excluding hydrogens is 178 g/mol. The zero-order valence-electron chi connectivity index (χ0n) is 8.49. The minimum atomic E-state index is 0.535. The van der Waals surface area contributed by atoms with E-state index < -0.39 is 0 Å². The lowest BCUT2D eigenvalue weighted by Crippen LogP contribution is -1.98. The summed E-state index contributed by atoms with van der Waals surface area (Å²) in [6.07, 6.45) is 3.85. The molecule has 1 rings (SSSR count). The predicted octanol–water partition coefficient (Wildman–Crippen LogP) is 2.23. The fraction of sp³-hybridized carbons (Fsp3) is 0.273. The van der Waals surface area contributed by atoms with Gasteiger partial charge in [-0.25, -0.2) is 0 Å². The Morgan fingerprint density at radius 3 is 2.79 bits per heavy atom. The maximum Gasteiger partial charge on any atom is 0.142 e. The van der Waals surface area contributed by atoms with Gasteiger partial charge in [0.15, 0.2) is 0 Å². The SMILES string of the molecule is C/C=C/COc1ccc(OC)cc1N. The van der Waals surface area contributed by atoms with Crippen LogP contribution in [0, 0.1) is 0 Å². The molecule has 0 fully saturated rings. The van der Waals surface area contributed by atoms with E-state index in [1.54, 1.807) is 19.2 Å². The monoisotopic (exact) mass is 193 g/mol. The second kappa shape index (κ2) is 5.17. The molecule has 0 aliphatic heterocycles. The highest BCUT2D eigenvalue weighted by Crippen LogP contribution is 2.25. The zero-order valence-corrected chi connectivity index (χ0v) is 8.49. The Morgan fingerprint density at radius 1 is 1.43 bits per heavy atom. The number of ether oxygens (including phenoxy) is 2. The third-order valence-corrected chi connectivity index (χ3v) is 1.79. The lowest BCUT2D eigenvalue weighted by Gasteiger charge is -2.08. The van der Waals surface area contributed by atoms with Crippen LogP contribution in [-0.2, 0) is 0 Å². The third kappa shape index (κ3) is 2.69. The molecule has 0 saturated carbocycles. The van der Waals surface area contributed by atoms with Crippen molar-refractivity contribution in [2.24, 2.45) is 0 Å². The molecule has 0 unspecified atom stereocenters. The van der Waals surface area contributed by atoms with Gasteiger partial charge in [0.1, 0.15) is 18.1 Å². The fourth-order valence-corrected chi connectivity index (χ4v) is 1.02. The molecule has 1 aromatic rings. The average Bonchev–Trinajstić information content (AvgIpc) is 2.20. The first-order valence-electron chi connectivity index (χ1n) is 4.45. The molecule has 0 aliphatic carbocycles. The summed E-state index contributed by atoms with van der Waals surface area (Å²) in [5.74, 6) is 1.42. The molecule has 0 heterocycles.